The van der Waals surface area contributed by atoms with Crippen LogP contribution in [0.1, 0.15) is 106 Å². The molecule has 0 aliphatic heterocycles. The van der Waals surface area contributed by atoms with Crippen LogP contribution in [0.25, 0.3) is 11.5 Å². The van der Waals surface area contributed by atoms with Crippen molar-refractivity contribution in [2.45, 2.75) is 91.4 Å². The fourth-order valence-electron chi connectivity index (χ4n) is 5.75. The summed E-state index contributed by atoms with van der Waals surface area (Å²) in [7, 11) is 1.73. The number of ketones is 1. The van der Waals surface area contributed by atoms with Crippen LogP contribution >= 0.6 is 0 Å². The van der Waals surface area contributed by atoms with Crippen molar-refractivity contribution in [3.8, 4) is 11.5 Å². The number of carbonyl (C=O) groups excluding carboxylic acids is 1. The molecule has 1 aromatic heterocycles. The number of likely N-dealkylation sites (N-methyl/N-ethyl adjacent to an activating group) is 1. The van der Waals surface area contributed by atoms with E-state index in [-0.39, 0.29) is 17.7 Å². The second kappa shape index (κ2) is 11.6. The molecule has 0 atom stereocenters. The molecular weight excluding hydrogens is 500 g/mol. The second-order valence-electron chi connectivity index (χ2n) is 13.1. The third-order valence-electron chi connectivity index (χ3n) is 8.18. The Bertz CT molecular complexity index is 1360. The van der Waals surface area contributed by atoms with E-state index >= 15 is 0 Å². The summed E-state index contributed by atoms with van der Waals surface area (Å²) in [5.41, 5.74) is 4.66. The highest BCUT2D eigenvalue weighted by Crippen LogP contribution is 2.40. The third-order valence-corrected chi connectivity index (χ3v) is 8.18. The zero-order valence-electron chi connectivity index (χ0n) is 25.1. The van der Waals surface area contributed by atoms with Crippen LogP contribution < -0.4 is 4.90 Å². The van der Waals surface area contributed by atoms with Crippen LogP contribution in [-0.2, 0) is 16.6 Å². The first-order valence-corrected chi connectivity index (χ1v) is 14.4. The number of aryl methyl sites for hydroxylation is 1. The van der Waals surface area contributed by atoms with Crippen molar-refractivity contribution < 1.29 is 19.1 Å². The van der Waals surface area contributed by atoms with Gasteiger partial charge in [-0.3, -0.25) is 9.59 Å². The smallest absolute Gasteiger partial charge is 0.323 e. The predicted molar refractivity (Wildman–Crippen MR) is 160 cm³/mol. The Kier molecular flexibility index (Phi) is 8.57. The lowest BCUT2D eigenvalue weighted by molar-refractivity contribution is -0.135. The van der Waals surface area contributed by atoms with Crippen molar-refractivity contribution in [3.05, 3.63) is 70.6 Å². The maximum atomic E-state index is 13.9. The SMILES string of the molecule is Cc1ccc(C(=O)C(C)(C)Cc2nc(-c3ccc(C(C)(C)C)cc3)oc2C2CCCCC2)cc1N(C)CC(=O)O. The second-order valence-corrected chi connectivity index (χ2v) is 13.1. The van der Waals surface area contributed by atoms with Gasteiger partial charge in [-0.15, -0.1) is 0 Å². The average molecular weight is 545 g/mol. The molecule has 0 spiro atoms. The van der Waals surface area contributed by atoms with Gasteiger partial charge in [-0.05, 0) is 54.5 Å². The number of hydrogen-bond acceptors (Lipinski definition) is 5. The Labute approximate surface area is 238 Å². The van der Waals surface area contributed by atoms with E-state index in [1.54, 1.807) is 11.9 Å². The fraction of sp³-hybridized carbons (Fsp3) is 0.500. The van der Waals surface area contributed by atoms with E-state index in [9.17, 15) is 14.7 Å². The highest BCUT2D eigenvalue weighted by Gasteiger charge is 2.34. The van der Waals surface area contributed by atoms with Crippen LogP contribution in [0.15, 0.2) is 46.9 Å². The molecule has 214 valence electrons. The minimum Gasteiger partial charge on any atom is -0.480 e. The lowest BCUT2D eigenvalue weighted by Crippen LogP contribution is -2.29. The summed E-state index contributed by atoms with van der Waals surface area (Å²) in [6.45, 7) is 12.3. The Morgan fingerprint density at radius 1 is 1.00 bits per heavy atom. The number of carboxylic acid groups (broad SMARTS) is 1. The summed E-state index contributed by atoms with van der Waals surface area (Å²) < 4.78 is 6.52. The third kappa shape index (κ3) is 6.65. The van der Waals surface area contributed by atoms with E-state index in [0.29, 0.717) is 23.8 Å². The minimum absolute atomic E-state index is 0.00569. The van der Waals surface area contributed by atoms with Crippen molar-refractivity contribution in [1.29, 1.82) is 0 Å². The number of oxazole rings is 1. The standard InChI is InChI=1S/C34H44N2O4/c1-22-13-14-25(19-28(22)36(7)21-29(37)38)31(39)34(5,6)20-27-30(23-11-9-8-10-12-23)40-32(35-27)24-15-17-26(18-16-24)33(2,3)4/h13-19,23H,8-12,20-21H2,1-7H3,(H,37,38). The van der Waals surface area contributed by atoms with Crippen LogP contribution in [0.2, 0.25) is 0 Å². The molecule has 1 fully saturated rings. The van der Waals surface area contributed by atoms with Gasteiger partial charge in [0.25, 0.3) is 0 Å². The summed E-state index contributed by atoms with van der Waals surface area (Å²) in [6.07, 6.45) is 6.23. The monoisotopic (exact) mass is 544 g/mol. The zero-order chi connectivity index (χ0) is 29.2. The van der Waals surface area contributed by atoms with Crippen molar-refractivity contribution in [1.82, 2.24) is 4.98 Å². The van der Waals surface area contributed by atoms with Gasteiger partial charge in [0.1, 0.15) is 12.3 Å². The molecule has 4 rings (SSSR count). The van der Waals surface area contributed by atoms with Crippen molar-refractivity contribution >= 4 is 17.4 Å². The maximum absolute atomic E-state index is 13.9. The number of aliphatic carboxylic acids is 1. The first-order chi connectivity index (χ1) is 18.8. The highest BCUT2D eigenvalue weighted by molar-refractivity contribution is 6.01. The van der Waals surface area contributed by atoms with E-state index in [0.717, 1.165) is 41.1 Å². The molecule has 3 aromatic rings. The molecule has 0 amide bonds. The van der Waals surface area contributed by atoms with E-state index in [1.807, 2.05) is 39.0 Å². The van der Waals surface area contributed by atoms with Gasteiger partial charge in [0.15, 0.2) is 5.78 Å². The van der Waals surface area contributed by atoms with Gasteiger partial charge < -0.3 is 14.4 Å². The molecule has 0 radical (unpaired) electrons. The molecule has 0 saturated heterocycles. The molecule has 0 unspecified atom stereocenters. The van der Waals surface area contributed by atoms with Crippen LogP contribution in [0.3, 0.4) is 0 Å². The molecule has 2 aromatic carbocycles. The quantitative estimate of drug-likeness (QED) is 0.275. The number of nitrogens with zero attached hydrogens (tertiary/aromatic N) is 2. The summed E-state index contributed by atoms with van der Waals surface area (Å²) in [5.74, 6) is 0.962. The molecule has 40 heavy (non-hydrogen) atoms. The average Bonchev–Trinajstić information content (AvgIpc) is 3.31. The largest absolute Gasteiger partial charge is 0.480 e. The minimum atomic E-state index is -0.913. The zero-order valence-corrected chi connectivity index (χ0v) is 25.1. The molecule has 0 bridgehead atoms. The number of rotatable bonds is 9. The van der Waals surface area contributed by atoms with Crippen LogP contribution in [0.4, 0.5) is 5.69 Å². The lowest BCUT2D eigenvalue weighted by atomic mass is 9.78. The molecule has 1 aliphatic rings. The summed E-state index contributed by atoms with van der Waals surface area (Å²) in [6, 6.07) is 14.0. The normalized spacial score (nSPS) is 14.8. The van der Waals surface area contributed by atoms with Gasteiger partial charge in [0.2, 0.25) is 5.89 Å². The number of anilines is 1. The Hall–Kier alpha value is -3.41. The van der Waals surface area contributed by atoms with E-state index in [4.69, 9.17) is 9.40 Å². The Morgan fingerprint density at radius 3 is 2.25 bits per heavy atom. The van der Waals surface area contributed by atoms with Crippen molar-refractivity contribution in [2.24, 2.45) is 5.41 Å². The predicted octanol–water partition coefficient (Wildman–Crippen LogP) is 7.97. The lowest BCUT2D eigenvalue weighted by Gasteiger charge is -2.26. The Balaban J connectivity index is 1.66. The van der Waals surface area contributed by atoms with E-state index in [1.165, 1.54) is 24.8 Å². The fourth-order valence-corrected chi connectivity index (χ4v) is 5.75. The molecule has 6 nitrogen and oxygen atoms in total. The van der Waals surface area contributed by atoms with Gasteiger partial charge in [0.05, 0.1) is 5.69 Å². The van der Waals surface area contributed by atoms with E-state index < -0.39 is 11.4 Å². The van der Waals surface area contributed by atoms with Gasteiger partial charge in [-0.1, -0.05) is 78.1 Å². The molecule has 1 N–H and O–H groups in total. The molecule has 6 heteroatoms. The highest BCUT2D eigenvalue weighted by atomic mass is 16.4. The maximum Gasteiger partial charge on any atom is 0.323 e. The molecule has 1 aliphatic carbocycles. The van der Waals surface area contributed by atoms with Crippen molar-refractivity contribution in [2.75, 3.05) is 18.5 Å². The number of carboxylic acids is 1. The summed E-state index contributed by atoms with van der Waals surface area (Å²) in [5, 5.41) is 9.25. The summed E-state index contributed by atoms with van der Waals surface area (Å²) in [4.78, 5) is 31.8. The first-order valence-electron chi connectivity index (χ1n) is 14.4. The van der Waals surface area contributed by atoms with Crippen molar-refractivity contribution in [3.63, 3.8) is 0 Å². The Morgan fingerprint density at radius 2 is 1.65 bits per heavy atom. The van der Waals surface area contributed by atoms with Gasteiger partial charge in [-0.2, -0.15) is 0 Å². The molecule has 1 saturated carbocycles. The van der Waals surface area contributed by atoms with Gasteiger partial charge in [0, 0.05) is 41.6 Å². The van der Waals surface area contributed by atoms with Crippen LogP contribution in [-0.4, -0.2) is 35.4 Å². The summed E-state index contributed by atoms with van der Waals surface area (Å²) >= 11 is 0. The van der Waals surface area contributed by atoms with E-state index in [2.05, 4.69) is 45.0 Å². The van der Waals surface area contributed by atoms with Crippen LogP contribution in [0.5, 0.6) is 0 Å². The molecular formula is C34H44N2O4. The van der Waals surface area contributed by atoms with Gasteiger partial charge >= 0.3 is 5.97 Å². The number of carbonyl (C=O) groups is 2. The van der Waals surface area contributed by atoms with Crippen LogP contribution in [0, 0.1) is 12.3 Å². The number of Topliss-reactive ketones (excluding diaryl/α,β-unsaturated/α-hetero) is 1. The number of hydrogen-bond donors (Lipinski definition) is 1. The van der Waals surface area contributed by atoms with Gasteiger partial charge in [-0.25, -0.2) is 4.98 Å². The molecule has 1 heterocycles. The number of aromatic nitrogens is 1. The first kappa shape index (κ1) is 29.6. The number of benzene rings is 2. The topological polar surface area (TPSA) is 83.6 Å².